The second-order valence-corrected chi connectivity index (χ2v) is 5.13. The van der Waals surface area contributed by atoms with Crippen molar-refractivity contribution in [3.63, 3.8) is 0 Å². The molecule has 2 aliphatic heterocycles. The molecule has 2 bridgehead atoms. The standard InChI is InChI=1S/C10H18FNO/c1-9-4-3-5-10(2,12-9)8(11)7(13)6-9/h7-8,12-13H,3-6H2,1-2H3/t7-,8-,9-,10+/m0/s1. The number of hydrogen-bond donors (Lipinski definition) is 2. The van der Waals surface area contributed by atoms with E-state index in [9.17, 15) is 9.50 Å². The Morgan fingerprint density at radius 3 is 2.77 bits per heavy atom. The first-order valence-electron chi connectivity index (χ1n) is 5.07. The van der Waals surface area contributed by atoms with Crippen LogP contribution in [0.5, 0.6) is 0 Å². The molecule has 2 heterocycles. The second-order valence-electron chi connectivity index (χ2n) is 5.13. The first-order chi connectivity index (χ1) is 5.95. The lowest BCUT2D eigenvalue weighted by Crippen LogP contribution is -2.70. The van der Waals surface area contributed by atoms with Gasteiger partial charge in [0, 0.05) is 11.1 Å². The van der Waals surface area contributed by atoms with Crippen LogP contribution >= 0.6 is 0 Å². The normalized spacial score (nSPS) is 56.3. The maximum Gasteiger partial charge on any atom is 0.144 e. The molecule has 3 heteroatoms. The Bertz CT molecular complexity index is 223. The fraction of sp³-hybridized carbons (Fsp3) is 1.00. The van der Waals surface area contributed by atoms with Gasteiger partial charge in [-0.15, -0.1) is 0 Å². The average Bonchev–Trinajstić information content (AvgIpc) is 1.99. The van der Waals surface area contributed by atoms with E-state index in [-0.39, 0.29) is 5.54 Å². The zero-order valence-electron chi connectivity index (χ0n) is 8.31. The Labute approximate surface area is 78.5 Å². The Kier molecular flexibility index (Phi) is 1.93. The Morgan fingerprint density at radius 1 is 1.38 bits per heavy atom. The molecule has 0 aromatic rings. The van der Waals surface area contributed by atoms with Crippen molar-refractivity contribution in [3.8, 4) is 0 Å². The van der Waals surface area contributed by atoms with Gasteiger partial charge in [-0.3, -0.25) is 0 Å². The summed E-state index contributed by atoms with van der Waals surface area (Å²) < 4.78 is 13.7. The molecular weight excluding hydrogens is 169 g/mol. The minimum atomic E-state index is -1.11. The fourth-order valence-electron chi connectivity index (χ4n) is 3.01. The van der Waals surface area contributed by atoms with Crippen molar-refractivity contribution in [2.75, 3.05) is 0 Å². The molecule has 0 aromatic carbocycles. The number of piperidine rings is 2. The molecule has 0 aromatic heterocycles. The maximum atomic E-state index is 13.7. The highest BCUT2D eigenvalue weighted by Gasteiger charge is 2.51. The van der Waals surface area contributed by atoms with Crippen molar-refractivity contribution >= 4 is 0 Å². The number of nitrogens with one attached hydrogen (secondary N) is 1. The monoisotopic (exact) mass is 187 g/mol. The number of aliphatic hydroxyl groups is 1. The summed E-state index contributed by atoms with van der Waals surface area (Å²) in [6.45, 7) is 3.97. The van der Waals surface area contributed by atoms with Gasteiger partial charge in [0.05, 0.1) is 6.10 Å². The second kappa shape index (κ2) is 2.67. The molecule has 0 saturated carbocycles. The molecule has 2 saturated heterocycles. The third-order valence-electron chi connectivity index (χ3n) is 3.62. The highest BCUT2D eigenvalue weighted by molar-refractivity contribution is 5.09. The van der Waals surface area contributed by atoms with E-state index >= 15 is 0 Å². The van der Waals surface area contributed by atoms with Gasteiger partial charge in [-0.2, -0.15) is 0 Å². The summed E-state index contributed by atoms with van der Waals surface area (Å²) in [5.74, 6) is 0. The summed E-state index contributed by atoms with van der Waals surface area (Å²) >= 11 is 0. The Hall–Kier alpha value is -0.150. The molecule has 0 aliphatic carbocycles. The van der Waals surface area contributed by atoms with Crippen LogP contribution < -0.4 is 5.32 Å². The van der Waals surface area contributed by atoms with E-state index in [0.29, 0.717) is 6.42 Å². The summed E-state index contributed by atoms with van der Waals surface area (Å²) in [5, 5.41) is 12.9. The van der Waals surface area contributed by atoms with Crippen molar-refractivity contribution in [1.82, 2.24) is 5.32 Å². The minimum absolute atomic E-state index is 0.0466. The number of halogens is 1. The van der Waals surface area contributed by atoms with Gasteiger partial charge in [-0.25, -0.2) is 4.39 Å². The molecule has 2 N–H and O–H groups in total. The summed E-state index contributed by atoms with van der Waals surface area (Å²) in [6, 6.07) is 0. The molecule has 0 radical (unpaired) electrons. The zero-order valence-corrected chi connectivity index (χ0v) is 8.31. The number of rotatable bonds is 0. The van der Waals surface area contributed by atoms with Gasteiger partial charge in [-0.1, -0.05) is 0 Å². The molecule has 0 unspecified atom stereocenters. The molecule has 13 heavy (non-hydrogen) atoms. The van der Waals surface area contributed by atoms with Gasteiger partial charge in [0.2, 0.25) is 0 Å². The van der Waals surface area contributed by atoms with Crippen molar-refractivity contribution in [2.45, 2.75) is 62.9 Å². The van der Waals surface area contributed by atoms with Gasteiger partial charge < -0.3 is 10.4 Å². The maximum absolute atomic E-state index is 13.7. The van der Waals surface area contributed by atoms with Gasteiger partial charge in [0.25, 0.3) is 0 Å². The Balaban J connectivity index is 2.26. The lowest BCUT2D eigenvalue weighted by Gasteiger charge is -2.54. The summed E-state index contributed by atoms with van der Waals surface area (Å²) in [6.07, 6.45) is 1.60. The summed E-state index contributed by atoms with van der Waals surface area (Å²) in [4.78, 5) is 0. The van der Waals surface area contributed by atoms with Crippen molar-refractivity contribution in [2.24, 2.45) is 0 Å². The smallest absolute Gasteiger partial charge is 0.144 e. The van der Waals surface area contributed by atoms with Crippen LogP contribution in [0.25, 0.3) is 0 Å². The third kappa shape index (κ3) is 1.38. The molecule has 2 rings (SSSR count). The molecule has 0 spiro atoms. The van der Waals surface area contributed by atoms with Crippen LogP contribution in [0.15, 0.2) is 0 Å². The van der Waals surface area contributed by atoms with Crippen molar-refractivity contribution in [3.05, 3.63) is 0 Å². The van der Waals surface area contributed by atoms with Gasteiger partial charge in [0.15, 0.2) is 0 Å². The van der Waals surface area contributed by atoms with Crippen LogP contribution in [0.3, 0.4) is 0 Å². The summed E-state index contributed by atoms with van der Waals surface area (Å²) in [5.41, 5.74) is -0.542. The SMILES string of the molecule is C[C@@]12CCC[C@@](C)(N1)[C@@H](F)[C@@H](O)C2. The van der Waals surface area contributed by atoms with Crippen molar-refractivity contribution in [1.29, 1.82) is 0 Å². The quantitative estimate of drug-likeness (QED) is 0.600. The highest BCUT2D eigenvalue weighted by Crippen LogP contribution is 2.41. The predicted octanol–water partition coefficient (Wildman–Crippen LogP) is 1.38. The van der Waals surface area contributed by atoms with E-state index < -0.39 is 17.8 Å². The molecule has 4 atom stereocenters. The largest absolute Gasteiger partial charge is 0.390 e. The predicted molar refractivity (Wildman–Crippen MR) is 49.3 cm³/mol. The van der Waals surface area contributed by atoms with E-state index in [0.717, 1.165) is 19.3 Å². The van der Waals surface area contributed by atoms with Gasteiger partial charge in [-0.05, 0) is 39.5 Å². The third-order valence-corrected chi connectivity index (χ3v) is 3.62. The fourth-order valence-corrected chi connectivity index (χ4v) is 3.01. The van der Waals surface area contributed by atoms with Crippen LogP contribution in [-0.2, 0) is 0 Å². The minimum Gasteiger partial charge on any atom is -0.390 e. The Morgan fingerprint density at radius 2 is 2.08 bits per heavy atom. The topological polar surface area (TPSA) is 32.3 Å². The van der Waals surface area contributed by atoms with Gasteiger partial charge in [0.1, 0.15) is 6.17 Å². The van der Waals surface area contributed by atoms with Crippen LogP contribution in [-0.4, -0.2) is 28.5 Å². The van der Waals surface area contributed by atoms with Crippen LogP contribution in [0.1, 0.15) is 39.5 Å². The molecule has 0 amide bonds. The van der Waals surface area contributed by atoms with Gasteiger partial charge >= 0.3 is 0 Å². The number of fused-ring (bicyclic) bond motifs is 2. The van der Waals surface area contributed by atoms with Crippen LogP contribution in [0.4, 0.5) is 4.39 Å². The molecular formula is C10H18FNO. The zero-order chi connectivity index (χ0) is 9.69. The van der Waals surface area contributed by atoms with E-state index in [2.05, 4.69) is 12.2 Å². The van der Waals surface area contributed by atoms with Crippen LogP contribution in [0.2, 0.25) is 0 Å². The molecule has 76 valence electrons. The van der Waals surface area contributed by atoms with Crippen LogP contribution in [0, 0.1) is 0 Å². The molecule has 2 aliphatic rings. The van der Waals surface area contributed by atoms with E-state index in [1.165, 1.54) is 0 Å². The highest BCUT2D eigenvalue weighted by atomic mass is 19.1. The average molecular weight is 187 g/mol. The molecule has 2 fully saturated rings. The van der Waals surface area contributed by atoms with Crippen molar-refractivity contribution < 1.29 is 9.50 Å². The van der Waals surface area contributed by atoms with E-state index in [4.69, 9.17) is 0 Å². The van der Waals surface area contributed by atoms with E-state index in [1.807, 2.05) is 6.92 Å². The number of aliphatic hydroxyl groups excluding tert-OH is 1. The summed E-state index contributed by atoms with van der Waals surface area (Å²) in [7, 11) is 0. The first kappa shape index (κ1) is 9.41. The number of hydrogen-bond acceptors (Lipinski definition) is 2. The molecule has 2 nitrogen and oxygen atoms in total. The number of alkyl halides is 1. The van der Waals surface area contributed by atoms with E-state index in [1.54, 1.807) is 0 Å². The lowest BCUT2D eigenvalue weighted by atomic mass is 9.69. The lowest BCUT2D eigenvalue weighted by molar-refractivity contribution is -0.0721. The first-order valence-corrected chi connectivity index (χ1v) is 5.07.